The van der Waals surface area contributed by atoms with Gasteiger partial charge in [-0.2, -0.15) is 4.98 Å². The number of ether oxygens (including phenoxy) is 3. The molecular weight excluding hydrogens is 448 g/mol. The summed E-state index contributed by atoms with van der Waals surface area (Å²) in [5.74, 6) is 1.83. The number of sulfone groups is 1. The van der Waals surface area contributed by atoms with E-state index in [2.05, 4.69) is 14.9 Å². The molecule has 2 aromatic rings. The zero-order valence-corrected chi connectivity index (χ0v) is 19.7. The predicted molar refractivity (Wildman–Crippen MR) is 121 cm³/mol. The third kappa shape index (κ3) is 5.29. The van der Waals surface area contributed by atoms with Gasteiger partial charge in [-0.25, -0.2) is 18.2 Å². The van der Waals surface area contributed by atoms with E-state index in [4.69, 9.17) is 14.2 Å². The third-order valence-electron chi connectivity index (χ3n) is 5.57. The molecule has 10 nitrogen and oxygen atoms in total. The van der Waals surface area contributed by atoms with Gasteiger partial charge in [0.2, 0.25) is 5.75 Å². The molecule has 2 aliphatic rings. The van der Waals surface area contributed by atoms with Crippen LogP contribution in [0.25, 0.3) is 0 Å². The van der Waals surface area contributed by atoms with Crippen LogP contribution in [0.15, 0.2) is 35.5 Å². The van der Waals surface area contributed by atoms with E-state index < -0.39 is 9.84 Å². The lowest BCUT2D eigenvalue weighted by atomic mass is 10.0. The third-order valence-corrected chi connectivity index (χ3v) is 6.70. The summed E-state index contributed by atoms with van der Waals surface area (Å²) < 4.78 is 40.4. The molecule has 0 atom stereocenters. The van der Waals surface area contributed by atoms with Crippen molar-refractivity contribution in [2.75, 3.05) is 37.4 Å². The van der Waals surface area contributed by atoms with Crippen LogP contribution in [0.5, 0.6) is 17.4 Å². The van der Waals surface area contributed by atoms with Gasteiger partial charge in [0.25, 0.3) is 5.88 Å². The van der Waals surface area contributed by atoms with E-state index in [1.807, 2.05) is 13.8 Å². The Morgan fingerprint density at radius 3 is 2.45 bits per heavy atom. The first kappa shape index (κ1) is 23.1. The van der Waals surface area contributed by atoms with Crippen molar-refractivity contribution in [1.29, 1.82) is 0 Å². The largest absolute Gasteiger partial charge is 0.483 e. The van der Waals surface area contributed by atoms with Crippen LogP contribution in [-0.2, 0) is 14.6 Å². The Hall–Kier alpha value is -3.08. The van der Waals surface area contributed by atoms with Gasteiger partial charge in [0, 0.05) is 25.4 Å². The van der Waals surface area contributed by atoms with Crippen molar-refractivity contribution >= 4 is 21.7 Å². The number of benzene rings is 1. The van der Waals surface area contributed by atoms with Crippen LogP contribution in [0.1, 0.15) is 26.7 Å². The molecule has 1 amide bonds. The highest BCUT2D eigenvalue weighted by molar-refractivity contribution is 7.90. The maximum Gasteiger partial charge on any atom is 0.410 e. The number of amides is 1. The van der Waals surface area contributed by atoms with Gasteiger partial charge in [0.15, 0.2) is 15.7 Å². The zero-order valence-electron chi connectivity index (χ0n) is 18.9. The number of piperidine rings is 1. The van der Waals surface area contributed by atoms with Gasteiger partial charge in [-0.3, -0.25) is 0 Å². The van der Waals surface area contributed by atoms with E-state index in [-0.39, 0.29) is 29.0 Å². The molecule has 0 spiro atoms. The standard InChI is InChI=1S/C22H28N4O6S/c1-15(2)31-22(27)25-10-8-16(9-11-25)26-12-13-30-19-20(26)23-14-24-21(19)32-17-4-6-18(7-5-17)33(3,28)29/h4-7,14-16H,8-13H2,1-3H3. The van der Waals surface area contributed by atoms with Crippen molar-refractivity contribution in [2.45, 2.75) is 43.7 Å². The Morgan fingerprint density at radius 1 is 1.12 bits per heavy atom. The molecule has 11 heteroatoms. The Morgan fingerprint density at radius 2 is 1.82 bits per heavy atom. The summed E-state index contributed by atoms with van der Waals surface area (Å²) in [6.07, 6.45) is 3.75. The van der Waals surface area contributed by atoms with E-state index in [1.54, 1.807) is 17.0 Å². The van der Waals surface area contributed by atoms with Crippen molar-refractivity contribution in [3.63, 3.8) is 0 Å². The number of hydrogen-bond acceptors (Lipinski definition) is 9. The number of aromatic nitrogens is 2. The zero-order chi connectivity index (χ0) is 23.6. The predicted octanol–water partition coefficient (Wildman–Crippen LogP) is 2.88. The molecule has 0 aliphatic carbocycles. The number of rotatable bonds is 5. The Labute approximate surface area is 193 Å². The van der Waals surface area contributed by atoms with Crippen molar-refractivity contribution in [3.8, 4) is 17.4 Å². The summed E-state index contributed by atoms with van der Waals surface area (Å²) in [6.45, 7) is 6.05. The minimum Gasteiger partial charge on any atom is -0.483 e. The molecule has 1 saturated heterocycles. The summed E-state index contributed by atoms with van der Waals surface area (Å²) in [5.41, 5.74) is 0. The number of nitrogens with zero attached hydrogens (tertiary/aromatic N) is 4. The minimum absolute atomic E-state index is 0.140. The monoisotopic (exact) mass is 476 g/mol. The highest BCUT2D eigenvalue weighted by Gasteiger charge is 2.33. The van der Waals surface area contributed by atoms with Crippen LogP contribution in [0.3, 0.4) is 0 Å². The number of anilines is 1. The lowest BCUT2D eigenvalue weighted by molar-refractivity contribution is 0.0687. The molecular formula is C22H28N4O6S. The Bertz CT molecular complexity index is 1100. The molecule has 1 aromatic heterocycles. The van der Waals surface area contributed by atoms with E-state index in [9.17, 15) is 13.2 Å². The van der Waals surface area contributed by atoms with Gasteiger partial charge in [-0.05, 0) is 51.0 Å². The van der Waals surface area contributed by atoms with Crippen LogP contribution in [0, 0.1) is 0 Å². The highest BCUT2D eigenvalue weighted by atomic mass is 32.2. The minimum atomic E-state index is -3.29. The van der Waals surface area contributed by atoms with Gasteiger partial charge in [-0.15, -0.1) is 0 Å². The lowest BCUT2D eigenvalue weighted by Gasteiger charge is -2.41. The van der Waals surface area contributed by atoms with Gasteiger partial charge in [-0.1, -0.05) is 0 Å². The molecule has 1 fully saturated rings. The van der Waals surface area contributed by atoms with Crippen LogP contribution in [0.4, 0.5) is 10.6 Å². The number of fused-ring (bicyclic) bond motifs is 1. The SMILES string of the molecule is CC(C)OC(=O)N1CCC(N2CCOc3c(Oc4ccc(S(C)(=O)=O)cc4)ncnc32)CC1. The second-order valence-corrected chi connectivity index (χ2v) is 10.4. The van der Waals surface area contributed by atoms with Crippen LogP contribution in [0.2, 0.25) is 0 Å². The fourth-order valence-electron chi connectivity index (χ4n) is 3.96. The van der Waals surface area contributed by atoms with Gasteiger partial charge in [0.1, 0.15) is 18.7 Å². The topological polar surface area (TPSA) is 111 Å². The average Bonchev–Trinajstić information content (AvgIpc) is 2.78. The van der Waals surface area contributed by atoms with Crippen molar-refractivity contribution in [2.24, 2.45) is 0 Å². The van der Waals surface area contributed by atoms with E-state index in [0.717, 1.165) is 19.1 Å². The molecule has 0 N–H and O–H groups in total. The lowest BCUT2D eigenvalue weighted by Crippen LogP contribution is -2.49. The highest BCUT2D eigenvalue weighted by Crippen LogP contribution is 2.40. The van der Waals surface area contributed by atoms with Crippen molar-refractivity contribution in [1.82, 2.24) is 14.9 Å². The maximum absolute atomic E-state index is 12.2. The van der Waals surface area contributed by atoms with Crippen LogP contribution >= 0.6 is 0 Å². The molecule has 0 saturated carbocycles. The summed E-state index contributed by atoms with van der Waals surface area (Å²) in [6, 6.07) is 6.34. The first-order chi connectivity index (χ1) is 15.7. The smallest absolute Gasteiger partial charge is 0.410 e. The Kier molecular flexibility index (Phi) is 6.59. The molecule has 0 radical (unpaired) electrons. The molecule has 2 aliphatic heterocycles. The van der Waals surface area contributed by atoms with E-state index in [0.29, 0.717) is 43.6 Å². The molecule has 0 bridgehead atoms. The number of likely N-dealkylation sites (tertiary alicyclic amines) is 1. The average molecular weight is 477 g/mol. The van der Waals surface area contributed by atoms with Crippen molar-refractivity contribution < 1.29 is 27.4 Å². The maximum atomic E-state index is 12.2. The quantitative estimate of drug-likeness (QED) is 0.643. The molecule has 3 heterocycles. The van der Waals surface area contributed by atoms with E-state index in [1.165, 1.54) is 18.5 Å². The first-order valence-electron chi connectivity index (χ1n) is 10.9. The second-order valence-electron chi connectivity index (χ2n) is 8.37. The molecule has 1 aromatic carbocycles. The van der Waals surface area contributed by atoms with Crippen LogP contribution in [-0.4, -0.2) is 74.0 Å². The van der Waals surface area contributed by atoms with E-state index >= 15 is 0 Å². The van der Waals surface area contributed by atoms with Crippen LogP contribution < -0.4 is 14.4 Å². The summed E-state index contributed by atoms with van der Waals surface area (Å²) >= 11 is 0. The fourth-order valence-corrected chi connectivity index (χ4v) is 4.59. The summed E-state index contributed by atoms with van der Waals surface area (Å²) in [5, 5.41) is 0. The number of carbonyl (C=O) groups is 1. The Balaban J connectivity index is 1.47. The number of hydrogen-bond donors (Lipinski definition) is 0. The molecule has 33 heavy (non-hydrogen) atoms. The number of carbonyl (C=O) groups excluding carboxylic acids is 1. The van der Waals surface area contributed by atoms with Gasteiger partial charge < -0.3 is 24.0 Å². The second kappa shape index (κ2) is 9.42. The normalized spacial score (nSPS) is 16.8. The van der Waals surface area contributed by atoms with Gasteiger partial charge >= 0.3 is 6.09 Å². The molecule has 178 valence electrons. The summed E-state index contributed by atoms with van der Waals surface area (Å²) in [7, 11) is -3.29. The molecule has 4 rings (SSSR count). The first-order valence-corrected chi connectivity index (χ1v) is 12.8. The fraction of sp³-hybridized carbons (Fsp3) is 0.500. The summed E-state index contributed by atoms with van der Waals surface area (Å²) in [4.78, 5) is 25.0. The van der Waals surface area contributed by atoms with Gasteiger partial charge in [0.05, 0.1) is 17.5 Å². The van der Waals surface area contributed by atoms with Crippen molar-refractivity contribution in [3.05, 3.63) is 30.6 Å². The molecule has 0 unspecified atom stereocenters.